The van der Waals surface area contributed by atoms with Crippen LogP contribution < -0.4 is 0 Å². The zero-order valence-corrected chi connectivity index (χ0v) is 12.3. The second-order valence-corrected chi connectivity index (χ2v) is 5.06. The van der Waals surface area contributed by atoms with Gasteiger partial charge in [-0.25, -0.2) is 0 Å². The predicted molar refractivity (Wildman–Crippen MR) is 75.1 cm³/mol. The lowest BCUT2D eigenvalue weighted by molar-refractivity contribution is 0.393. The molecule has 1 unspecified atom stereocenters. The molecule has 4 heteroatoms. The molecule has 1 heterocycles. The van der Waals surface area contributed by atoms with Crippen molar-refractivity contribution in [1.29, 1.82) is 0 Å². The minimum absolute atomic E-state index is 0.808. The highest BCUT2D eigenvalue weighted by Gasteiger charge is 2.11. The van der Waals surface area contributed by atoms with E-state index in [1.54, 1.807) is 6.26 Å². The molecule has 0 radical (unpaired) electrons. The molecule has 0 amide bonds. The zero-order valence-electron chi connectivity index (χ0n) is 11.5. The first kappa shape index (κ1) is 14.6. The predicted octanol–water partition coefficient (Wildman–Crippen LogP) is 3.72. The van der Waals surface area contributed by atoms with Crippen LogP contribution >= 0.6 is 0 Å². The summed E-state index contributed by atoms with van der Waals surface area (Å²) in [5.41, 5.74) is 2.95. The molecular weight excluding hydrogens is 246 g/mol. The molecule has 2 aromatic rings. The van der Waals surface area contributed by atoms with E-state index in [0.717, 1.165) is 27.5 Å². The average Bonchev–Trinajstić information content (AvgIpc) is 2.72. The number of hydrogen-bond acceptors (Lipinski definition) is 3. The lowest BCUT2D eigenvalue weighted by Gasteiger charge is -2.01. The summed E-state index contributed by atoms with van der Waals surface area (Å²) in [5, 5.41) is 3.92. The van der Waals surface area contributed by atoms with Crippen LogP contribution in [0.3, 0.4) is 0 Å². The summed E-state index contributed by atoms with van der Waals surface area (Å²) in [6.45, 7) is 7.80. The van der Waals surface area contributed by atoms with Gasteiger partial charge in [-0.1, -0.05) is 31.1 Å². The highest BCUT2D eigenvalue weighted by atomic mass is 32.2. The molecule has 0 N–H and O–H groups in total. The largest absolute Gasteiger partial charge is 0.361 e. The van der Waals surface area contributed by atoms with E-state index < -0.39 is 10.8 Å². The second-order valence-electron chi connectivity index (χ2n) is 3.68. The molecule has 0 aliphatic carbocycles. The fourth-order valence-electron chi connectivity index (χ4n) is 1.71. The Balaban J connectivity index is 0.000000771. The van der Waals surface area contributed by atoms with Crippen molar-refractivity contribution in [1.82, 2.24) is 5.16 Å². The standard InChI is InChI=1S/C12H13NO2S.C2H6/c1-8-12(9(2)15-13-8)10-4-6-11(7-5-10)16(3)14;1-2/h4-7H,1-3H3;1-2H3. The van der Waals surface area contributed by atoms with E-state index in [4.69, 9.17) is 4.52 Å². The number of rotatable bonds is 2. The molecule has 0 bridgehead atoms. The number of nitrogens with zero attached hydrogens (tertiary/aromatic N) is 1. The minimum Gasteiger partial charge on any atom is -0.361 e. The molecule has 1 atom stereocenters. The summed E-state index contributed by atoms with van der Waals surface area (Å²) in [7, 11) is -0.934. The smallest absolute Gasteiger partial charge is 0.141 e. The van der Waals surface area contributed by atoms with E-state index in [-0.39, 0.29) is 0 Å². The van der Waals surface area contributed by atoms with Crippen LogP contribution in [0, 0.1) is 13.8 Å². The van der Waals surface area contributed by atoms with Crippen LogP contribution in [-0.4, -0.2) is 15.6 Å². The first-order chi connectivity index (χ1) is 8.59. The van der Waals surface area contributed by atoms with Gasteiger partial charge in [-0.05, 0) is 31.5 Å². The maximum absolute atomic E-state index is 11.3. The number of aromatic nitrogens is 1. The first-order valence-corrected chi connectivity index (χ1v) is 7.52. The summed E-state index contributed by atoms with van der Waals surface area (Å²) in [4.78, 5) is 0.829. The van der Waals surface area contributed by atoms with Gasteiger partial charge in [0.1, 0.15) is 5.76 Å². The van der Waals surface area contributed by atoms with Crippen LogP contribution in [0.15, 0.2) is 33.7 Å². The van der Waals surface area contributed by atoms with Gasteiger partial charge in [0.15, 0.2) is 0 Å². The summed E-state index contributed by atoms with van der Waals surface area (Å²) in [6.07, 6.45) is 1.67. The number of aryl methyl sites for hydroxylation is 2. The van der Waals surface area contributed by atoms with Gasteiger partial charge in [0.2, 0.25) is 0 Å². The van der Waals surface area contributed by atoms with Crippen molar-refractivity contribution in [3.05, 3.63) is 35.7 Å². The molecule has 1 aromatic carbocycles. The van der Waals surface area contributed by atoms with Gasteiger partial charge in [-0.2, -0.15) is 0 Å². The Kier molecular flexibility index (Phi) is 5.28. The Hall–Kier alpha value is -1.42. The van der Waals surface area contributed by atoms with Crippen molar-refractivity contribution >= 4 is 10.8 Å². The molecule has 0 saturated carbocycles. The lowest BCUT2D eigenvalue weighted by atomic mass is 10.0. The van der Waals surface area contributed by atoms with Gasteiger partial charge in [0, 0.05) is 27.5 Å². The Labute approximate surface area is 111 Å². The van der Waals surface area contributed by atoms with Gasteiger partial charge in [0.05, 0.1) is 5.69 Å². The molecule has 18 heavy (non-hydrogen) atoms. The fraction of sp³-hybridized carbons (Fsp3) is 0.357. The van der Waals surface area contributed by atoms with E-state index in [1.165, 1.54) is 0 Å². The van der Waals surface area contributed by atoms with Crippen LogP contribution in [0.5, 0.6) is 0 Å². The van der Waals surface area contributed by atoms with Crippen molar-refractivity contribution in [2.75, 3.05) is 6.26 Å². The van der Waals surface area contributed by atoms with Crippen LogP contribution in [0.2, 0.25) is 0 Å². The van der Waals surface area contributed by atoms with E-state index in [0.29, 0.717) is 0 Å². The van der Waals surface area contributed by atoms with Crippen molar-refractivity contribution < 1.29 is 8.73 Å². The molecule has 0 saturated heterocycles. The Morgan fingerprint density at radius 2 is 1.67 bits per heavy atom. The average molecular weight is 265 g/mol. The van der Waals surface area contributed by atoms with Crippen LogP contribution in [0.1, 0.15) is 25.3 Å². The van der Waals surface area contributed by atoms with Gasteiger partial charge in [-0.15, -0.1) is 0 Å². The molecule has 2 rings (SSSR count). The maximum atomic E-state index is 11.3. The molecule has 1 aromatic heterocycles. The van der Waals surface area contributed by atoms with Crippen LogP contribution in [-0.2, 0) is 10.8 Å². The quantitative estimate of drug-likeness (QED) is 0.831. The van der Waals surface area contributed by atoms with Gasteiger partial charge in [-0.3, -0.25) is 4.21 Å². The first-order valence-electron chi connectivity index (χ1n) is 5.96. The normalized spacial score (nSPS) is 11.6. The van der Waals surface area contributed by atoms with Crippen molar-refractivity contribution in [3.63, 3.8) is 0 Å². The molecular formula is C14H19NO2S. The Morgan fingerprint density at radius 1 is 1.11 bits per heavy atom. The Morgan fingerprint density at radius 3 is 2.06 bits per heavy atom. The maximum Gasteiger partial charge on any atom is 0.141 e. The van der Waals surface area contributed by atoms with Gasteiger partial charge < -0.3 is 4.52 Å². The minimum atomic E-state index is -0.934. The van der Waals surface area contributed by atoms with E-state index >= 15 is 0 Å². The van der Waals surface area contributed by atoms with Crippen molar-refractivity contribution in [2.24, 2.45) is 0 Å². The molecule has 0 spiro atoms. The number of hydrogen-bond donors (Lipinski definition) is 0. The SMILES string of the molecule is CC.Cc1noc(C)c1-c1ccc(S(C)=O)cc1. The number of benzene rings is 1. The highest BCUT2D eigenvalue weighted by molar-refractivity contribution is 7.84. The lowest BCUT2D eigenvalue weighted by Crippen LogP contribution is -1.87. The third-order valence-electron chi connectivity index (χ3n) is 2.51. The van der Waals surface area contributed by atoms with Gasteiger partial charge in [0.25, 0.3) is 0 Å². The molecule has 3 nitrogen and oxygen atoms in total. The fourth-order valence-corrected chi connectivity index (χ4v) is 2.23. The third kappa shape index (κ3) is 3.07. The highest BCUT2D eigenvalue weighted by Crippen LogP contribution is 2.27. The summed E-state index contributed by atoms with van der Waals surface area (Å²) >= 11 is 0. The summed E-state index contributed by atoms with van der Waals surface area (Å²) < 4.78 is 16.4. The molecule has 0 aliphatic heterocycles. The van der Waals surface area contributed by atoms with Crippen molar-refractivity contribution in [3.8, 4) is 11.1 Å². The third-order valence-corrected chi connectivity index (χ3v) is 3.44. The van der Waals surface area contributed by atoms with E-state index in [1.807, 2.05) is 52.0 Å². The van der Waals surface area contributed by atoms with E-state index in [2.05, 4.69) is 5.16 Å². The second kappa shape index (κ2) is 6.50. The topological polar surface area (TPSA) is 43.1 Å². The van der Waals surface area contributed by atoms with Crippen LogP contribution in [0.4, 0.5) is 0 Å². The Bertz CT molecular complexity index is 510. The molecule has 98 valence electrons. The molecule has 0 aliphatic rings. The van der Waals surface area contributed by atoms with Crippen molar-refractivity contribution in [2.45, 2.75) is 32.6 Å². The zero-order chi connectivity index (χ0) is 13.7. The monoisotopic (exact) mass is 265 g/mol. The van der Waals surface area contributed by atoms with Gasteiger partial charge >= 0.3 is 0 Å². The summed E-state index contributed by atoms with van der Waals surface area (Å²) in [6, 6.07) is 7.64. The van der Waals surface area contributed by atoms with E-state index in [9.17, 15) is 4.21 Å². The van der Waals surface area contributed by atoms with Crippen LogP contribution in [0.25, 0.3) is 11.1 Å². The molecule has 0 fully saturated rings. The summed E-state index contributed by atoms with van der Waals surface area (Å²) in [5.74, 6) is 0.808.